The molecule has 2 aromatic carbocycles. The van der Waals surface area contributed by atoms with E-state index in [-0.39, 0.29) is 12.2 Å². The molecular weight excluding hydrogens is 306 g/mol. The lowest BCUT2D eigenvalue weighted by atomic mass is 10.3. The van der Waals surface area contributed by atoms with E-state index in [0.717, 1.165) is 23.6 Å². The molecule has 0 bridgehead atoms. The van der Waals surface area contributed by atoms with Gasteiger partial charge in [0.05, 0.1) is 13.2 Å². The molecule has 0 aromatic heterocycles. The molecule has 0 spiro atoms. The number of carbonyl (C=O) groups excluding carboxylic acids is 1. The number of amides is 1. The maximum absolute atomic E-state index is 12.0. The zero-order chi connectivity index (χ0) is 16.8. The highest BCUT2D eigenvalue weighted by atomic mass is 16.6. The Hall–Kier alpha value is -2.69. The molecule has 1 aliphatic heterocycles. The predicted octanol–water partition coefficient (Wildman–Crippen LogP) is 3.88. The minimum absolute atomic E-state index is 0.284. The minimum atomic E-state index is -0.335. The van der Waals surface area contributed by atoms with E-state index >= 15 is 0 Å². The van der Waals surface area contributed by atoms with Crippen molar-refractivity contribution in [3.05, 3.63) is 54.6 Å². The maximum atomic E-state index is 12.0. The third-order valence-electron chi connectivity index (χ3n) is 3.67. The molecule has 5 nitrogen and oxygen atoms in total. The number of carbonyl (C=O) groups is 1. The summed E-state index contributed by atoms with van der Waals surface area (Å²) >= 11 is 0. The zero-order valence-corrected chi connectivity index (χ0v) is 13.7. The molecule has 0 aliphatic carbocycles. The van der Waals surface area contributed by atoms with Crippen molar-refractivity contribution in [1.29, 1.82) is 0 Å². The van der Waals surface area contributed by atoms with E-state index in [4.69, 9.17) is 14.2 Å². The Morgan fingerprint density at radius 3 is 2.38 bits per heavy atom. The number of benzene rings is 2. The Morgan fingerprint density at radius 2 is 1.71 bits per heavy atom. The van der Waals surface area contributed by atoms with Crippen LogP contribution in [0.5, 0.6) is 11.5 Å². The van der Waals surface area contributed by atoms with Crippen molar-refractivity contribution in [2.75, 3.05) is 24.7 Å². The summed E-state index contributed by atoms with van der Waals surface area (Å²) in [4.78, 5) is 13.6. The number of anilines is 1. The molecule has 126 valence electrons. The van der Waals surface area contributed by atoms with Crippen LogP contribution >= 0.6 is 0 Å². The van der Waals surface area contributed by atoms with Crippen LogP contribution in [0.15, 0.2) is 54.6 Å². The highest BCUT2D eigenvalue weighted by Crippen LogP contribution is 2.22. The lowest BCUT2D eigenvalue weighted by Gasteiger charge is -2.13. The third-order valence-corrected chi connectivity index (χ3v) is 3.67. The van der Waals surface area contributed by atoms with Crippen LogP contribution < -0.4 is 14.4 Å². The van der Waals surface area contributed by atoms with Crippen molar-refractivity contribution in [2.24, 2.45) is 0 Å². The molecule has 0 saturated carbocycles. The van der Waals surface area contributed by atoms with Gasteiger partial charge in [0.2, 0.25) is 0 Å². The Balaban J connectivity index is 1.51. The normalized spacial score (nSPS) is 16.8. The Morgan fingerprint density at radius 1 is 1.04 bits per heavy atom. The smallest absolute Gasteiger partial charge is 0.414 e. The molecule has 2 aromatic rings. The summed E-state index contributed by atoms with van der Waals surface area (Å²) in [5, 5.41) is 0. The summed E-state index contributed by atoms with van der Waals surface area (Å²) in [7, 11) is 0. The molecule has 1 saturated heterocycles. The van der Waals surface area contributed by atoms with E-state index in [0.29, 0.717) is 19.8 Å². The maximum Gasteiger partial charge on any atom is 0.414 e. The van der Waals surface area contributed by atoms with Crippen LogP contribution in [0.1, 0.15) is 13.3 Å². The number of hydrogen-bond acceptors (Lipinski definition) is 4. The quantitative estimate of drug-likeness (QED) is 0.774. The Bertz CT molecular complexity index is 657. The average molecular weight is 327 g/mol. The zero-order valence-electron chi connectivity index (χ0n) is 13.7. The van der Waals surface area contributed by atoms with Crippen LogP contribution in [-0.2, 0) is 4.74 Å². The second-order valence-corrected chi connectivity index (χ2v) is 5.58. The first-order valence-corrected chi connectivity index (χ1v) is 8.15. The first-order valence-electron chi connectivity index (χ1n) is 8.15. The number of nitrogens with zero attached hydrogens (tertiary/aromatic N) is 1. The van der Waals surface area contributed by atoms with E-state index in [1.165, 1.54) is 0 Å². The van der Waals surface area contributed by atoms with E-state index < -0.39 is 0 Å². The van der Waals surface area contributed by atoms with Crippen molar-refractivity contribution in [2.45, 2.75) is 19.4 Å². The molecular formula is C19H21NO4. The third kappa shape index (κ3) is 3.98. The van der Waals surface area contributed by atoms with E-state index in [1.807, 2.05) is 54.6 Å². The number of rotatable bonds is 7. The molecule has 1 heterocycles. The van der Waals surface area contributed by atoms with Gasteiger partial charge in [-0.05, 0) is 42.8 Å². The molecule has 1 atom stereocenters. The molecule has 1 fully saturated rings. The lowest BCUT2D eigenvalue weighted by molar-refractivity contribution is 0.105. The van der Waals surface area contributed by atoms with Gasteiger partial charge in [0.15, 0.2) is 6.10 Å². The van der Waals surface area contributed by atoms with Crippen LogP contribution in [0.2, 0.25) is 0 Å². The molecule has 1 unspecified atom stereocenters. The molecule has 5 heteroatoms. The molecule has 1 amide bonds. The molecule has 0 radical (unpaired) electrons. The summed E-state index contributed by atoms with van der Waals surface area (Å²) < 4.78 is 16.6. The minimum Gasteiger partial charge on any atom is -0.494 e. The number of ether oxygens (including phenoxy) is 3. The van der Waals surface area contributed by atoms with Crippen molar-refractivity contribution < 1.29 is 19.0 Å². The summed E-state index contributed by atoms with van der Waals surface area (Å²) in [5.74, 6) is 1.56. The van der Waals surface area contributed by atoms with Gasteiger partial charge in [-0.25, -0.2) is 4.79 Å². The standard InChI is InChI=1S/C19H21NO4/c1-2-12-22-16-8-10-17(11-9-16)23-14-18-13-20(19(21)24-18)15-6-4-3-5-7-15/h3-11,18H,2,12-14H2,1H3. The molecule has 24 heavy (non-hydrogen) atoms. The van der Waals surface area contributed by atoms with Gasteiger partial charge in [-0.15, -0.1) is 0 Å². The number of cyclic esters (lactones) is 1. The van der Waals surface area contributed by atoms with Gasteiger partial charge in [0.25, 0.3) is 0 Å². The highest BCUT2D eigenvalue weighted by Gasteiger charge is 2.32. The second kappa shape index (κ2) is 7.73. The summed E-state index contributed by atoms with van der Waals surface area (Å²) in [6, 6.07) is 17.0. The average Bonchev–Trinajstić information content (AvgIpc) is 3.00. The number of hydrogen-bond donors (Lipinski definition) is 0. The van der Waals surface area contributed by atoms with Crippen molar-refractivity contribution in [3.63, 3.8) is 0 Å². The predicted molar refractivity (Wildman–Crippen MR) is 91.8 cm³/mol. The van der Waals surface area contributed by atoms with E-state index in [2.05, 4.69) is 6.92 Å². The molecule has 3 rings (SSSR count). The van der Waals surface area contributed by atoms with Crippen LogP contribution in [0.3, 0.4) is 0 Å². The summed E-state index contributed by atoms with van der Waals surface area (Å²) in [6.45, 7) is 3.58. The van der Waals surface area contributed by atoms with E-state index in [9.17, 15) is 4.79 Å². The first kappa shape index (κ1) is 16.2. The second-order valence-electron chi connectivity index (χ2n) is 5.58. The van der Waals surface area contributed by atoms with Gasteiger partial charge in [-0.1, -0.05) is 25.1 Å². The monoisotopic (exact) mass is 327 g/mol. The number of para-hydroxylation sites is 1. The summed E-state index contributed by atoms with van der Waals surface area (Å²) in [6.07, 6.45) is 0.357. The van der Waals surface area contributed by atoms with Crippen molar-refractivity contribution in [1.82, 2.24) is 0 Å². The van der Waals surface area contributed by atoms with Crippen LogP contribution in [0, 0.1) is 0 Å². The molecule has 1 aliphatic rings. The first-order chi connectivity index (χ1) is 11.8. The fourth-order valence-electron chi connectivity index (χ4n) is 2.47. The van der Waals surface area contributed by atoms with Crippen molar-refractivity contribution in [3.8, 4) is 11.5 Å². The van der Waals surface area contributed by atoms with Gasteiger partial charge < -0.3 is 14.2 Å². The van der Waals surface area contributed by atoms with Gasteiger partial charge in [-0.3, -0.25) is 4.90 Å². The fourth-order valence-corrected chi connectivity index (χ4v) is 2.47. The van der Waals surface area contributed by atoms with E-state index in [1.54, 1.807) is 4.90 Å². The SMILES string of the molecule is CCCOc1ccc(OCC2CN(c3ccccc3)C(=O)O2)cc1. The Kier molecular flexibility index (Phi) is 5.21. The largest absolute Gasteiger partial charge is 0.494 e. The Labute approximate surface area is 141 Å². The van der Waals surface area contributed by atoms with Gasteiger partial charge in [-0.2, -0.15) is 0 Å². The molecule has 0 N–H and O–H groups in total. The fraction of sp³-hybridized carbons (Fsp3) is 0.316. The van der Waals surface area contributed by atoms with Gasteiger partial charge >= 0.3 is 6.09 Å². The van der Waals surface area contributed by atoms with Gasteiger partial charge in [0.1, 0.15) is 18.1 Å². The lowest BCUT2D eigenvalue weighted by Crippen LogP contribution is -2.26. The summed E-state index contributed by atoms with van der Waals surface area (Å²) in [5.41, 5.74) is 0.836. The highest BCUT2D eigenvalue weighted by molar-refractivity contribution is 5.89. The van der Waals surface area contributed by atoms with Crippen LogP contribution in [-0.4, -0.2) is 32.0 Å². The van der Waals surface area contributed by atoms with Gasteiger partial charge in [0, 0.05) is 5.69 Å². The van der Waals surface area contributed by atoms with Crippen LogP contribution in [0.25, 0.3) is 0 Å². The van der Waals surface area contributed by atoms with Crippen LogP contribution in [0.4, 0.5) is 10.5 Å². The van der Waals surface area contributed by atoms with Crippen molar-refractivity contribution >= 4 is 11.8 Å². The topological polar surface area (TPSA) is 48.0 Å².